The normalized spacial score (nSPS) is 14.1. The third kappa shape index (κ3) is 4.54. The molecule has 1 aromatic heterocycles. The number of aryl methyl sites for hydroxylation is 1. The van der Waals surface area contributed by atoms with Gasteiger partial charge in [-0.1, -0.05) is 29.8 Å². The number of nitrogens with zero attached hydrogens (tertiary/aromatic N) is 4. The Bertz CT molecular complexity index is 978. The first-order valence-electron chi connectivity index (χ1n) is 9.62. The van der Waals surface area contributed by atoms with E-state index in [1.807, 2.05) is 60.4 Å². The molecule has 1 amide bonds. The summed E-state index contributed by atoms with van der Waals surface area (Å²) in [5, 5.41) is 5.12. The molecule has 7 heteroatoms. The summed E-state index contributed by atoms with van der Waals surface area (Å²) in [6.07, 6.45) is 1.77. The Hall–Kier alpha value is -2.99. The Kier molecular flexibility index (Phi) is 5.71. The fourth-order valence-electron chi connectivity index (χ4n) is 3.38. The highest BCUT2D eigenvalue weighted by Crippen LogP contribution is 2.20. The van der Waals surface area contributed by atoms with Gasteiger partial charge in [0.15, 0.2) is 12.4 Å². The van der Waals surface area contributed by atoms with Gasteiger partial charge in [-0.25, -0.2) is 4.68 Å². The number of amides is 1. The number of aromatic nitrogens is 2. The van der Waals surface area contributed by atoms with Crippen LogP contribution in [0, 0.1) is 6.92 Å². The second kappa shape index (κ2) is 8.57. The molecule has 1 saturated heterocycles. The Morgan fingerprint density at radius 2 is 1.76 bits per heavy atom. The summed E-state index contributed by atoms with van der Waals surface area (Å²) in [5.74, 6) is 0.768. The van der Waals surface area contributed by atoms with E-state index in [2.05, 4.69) is 10.00 Å². The van der Waals surface area contributed by atoms with Gasteiger partial charge < -0.3 is 14.5 Å². The molecule has 3 aromatic rings. The fourth-order valence-corrected chi connectivity index (χ4v) is 3.51. The molecule has 4 rings (SSSR count). The lowest BCUT2D eigenvalue weighted by Crippen LogP contribution is -2.48. The SMILES string of the molecule is Cc1ccccc1OCn1ccc(C(=O)N2CCN(c3ccc(Cl)cc3)CC2)n1. The number of piperazine rings is 1. The Morgan fingerprint density at radius 3 is 2.48 bits per heavy atom. The van der Waals surface area contributed by atoms with Crippen LogP contribution in [0.15, 0.2) is 60.8 Å². The highest BCUT2D eigenvalue weighted by atomic mass is 35.5. The molecule has 0 unspecified atom stereocenters. The molecule has 0 saturated carbocycles. The number of anilines is 1. The van der Waals surface area contributed by atoms with Gasteiger partial charge >= 0.3 is 0 Å². The molecule has 1 aliphatic heterocycles. The first-order valence-corrected chi connectivity index (χ1v) is 9.99. The number of benzene rings is 2. The number of carbonyl (C=O) groups excluding carboxylic acids is 1. The number of hydrogen-bond acceptors (Lipinski definition) is 4. The van der Waals surface area contributed by atoms with E-state index in [0.29, 0.717) is 18.8 Å². The third-order valence-corrected chi connectivity index (χ3v) is 5.32. The first-order chi connectivity index (χ1) is 14.1. The first kappa shape index (κ1) is 19.3. The van der Waals surface area contributed by atoms with Crippen molar-refractivity contribution in [3.63, 3.8) is 0 Å². The van der Waals surface area contributed by atoms with E-state index in [9.17, 15) is 4.79 Å². The van der Waals surface area contributed by atoms with Gasteiger partial charge in [-0.2, -0.15) is 5.10 Å². The van der Waals surface area contributed by atoms with Crippen LogP contribution in [0.4, 0.5) is 5.69 Å². The fraction of sp³-hybridized carbons (Fsp3) is 0.273. The summed E-state index contributed by atoms with van der Waals surface area (Å²) >= 11 is 5.96. The summed E-state index contributed by atoms with van der Waals surface area (Å²) in [6, 6.07) is 17.4. The minimum absolute atomic E-state index is 0.0459. The number of halogens is 1. The maximum atomic E-state index is 12.8. The molecule has 150 valence electrons. The van der Waals surface area contributed by atoms with Crippen molar-refractivity contribution in [3.8, 4) is 5.75 Å². The van der Waals surface area contributed by atoms with Crippen LogP contribution in [0.3, 0.4) is 0 Å². The van der Waals surface area contributed by atoms with E-state index in [4.69, 9.17) is 16.3 Å². The maximum absolute atomic E-state index is 12.8. The van der Waals surface area contributed by atoms with Gasteiger partial charge in [0, 0.05) is 43.1 Å². The van der Waals surface area contributed by atoms with Crippen molar-refractivity contribution in [2.45, 2.75) is 13.7 Å². The summed E-state index contributed by atoms with van der Waals surface area (Å²) < 4.78 is 7.43. The lowest BCUT2D eigenvalue weighted by molar-refractivity contribution is 0.0738. The number of para-hydroxylation sites is 1. The zero-order valence-electron chi connectivity index (χ0n) is 16.3. The summed E-state index contributed by atoms with van der Waals surface area (Å²) in [7, 11) is 0. The van der Waals surface area contributed by atoms with Crippen LogP contribution < -0.4 is 9.64 Å². The summed E-state index contributed by atoms with van der Waals surface area (Å²) in [5.41, 5.74) is 2.63. The van der Waals surface area contributed by atoms with Gasteiger partial charge in [-0.15, -0.1) is 0 Å². The Balaban J connectivity index is 1.32. The highest BCUT2D eigenvalue weighted by molar-refractivity contribution is 6.30. The van der Waals surface area contributed by atoms with Crippen LogP contribution in [0.1, 0.15) is 16.1 Å². The van der Waals surface area contributed by atoms with Crippen molar-refractivity contribution in [1.29, 1.82) is 0 Å². The molecule has 0 aliphatic carbocycles. The standard InChI is InChI=1S/C22H23ClN4O2/c1-17-4-2-3-5-21(17)29-16-27-11-10-20(24-27)22(28)26-14-12-25(13-15-26)19-8-6-18(23)7-9-19/h2-11H,12-16H2,1H3. The lowest BCUT2D eigenvalue weighted by Gasteiger charge is -2.35. The zero-order chi connectivity index (χ0) is 20.2. The van der Waals surface area contributed by atoms with E-state index in [1.165, 1.54) is 0 Å². The predicted octanol–water partition coefficient (Wildman–Crippen LogP) is 3.84. The van der Waals surface area contributed by atoms with Crippen molar-refractivity contribution >= 4 is 23.2 Å². The van der Waals surface area contributed by atoms with Crippen molar-refractivity contribution in [2.24, 2.45) is 0 Å². The molecule has 0 atom stereocenters. The third-order valence-electron chi connectivity index (χ3n) is 5.06. The molecule has 2 heterocycles. The molecule has 1 aliphatic rings. The molecule has 29 heavy (non-hydrogen) atoms. The molecule has 1 fully saturated rings. The number of rotatable bonds is 5. The van der Waals surface area contributed by atoms with Crippen LogP contribution in [-0.2, 0) is 6.73 Å². The smallest absolute Gasteiger partial charge is 0.274 e. The second-order valence-corrected chi connectivity index (χ2v) is 7.47. The van der Waals surface area contributed by atoms with Crippen molar-refractivity contribution in [2.75, 3.05) is 31.1 Å². The van der Waals surface area contributed by atoms with Gasteiger partial charge in [0.05, 0.1) is 0 Å². The summed E-state index contributed by atoms with van der Waals surface area (Å²) in [4.78, 5) is 16.9. The van der Waals surface area contributed by atoms with E-state index in [-0.39, 0.29) is 12.6 Å². The molecular weight excluding hydrogens is 388 g/mol. The minimum Gasteiger partial charge on any atom is -0.471 e. The van der Waals surface area contributed by atoms with Crippen molar-refractivity contribution in [3.05, 3.63) is 77.1 Å². The average molecular weight is 411 g/mol. The minimum atomic E-state index is -0.0459. The lowest BCUT2D eigenvalue weighted by atomic mass is 10.2. The number of hydrogen-bond donors (Lipinski definition) is 0. The van der Waals surface area contributed by atoms with Gasteiger partial charge in [-0.3, -0.25) is 4.79 Å². The van der Waals surface area contributed by atoms with E-state index in [0.717, 1.165) is 35.1 Å². The van der Waals surface area contributed by atoms with Gasteiger partial charge in [-0.05, 0) is 48.9 Å². The van der Waals surface area contributed by atoms with Crippen molar-refractivity contribution < 1.29 is 9.53 Å². The molecule has 0 N–H and O–H groups in total. The van der Waals surface area contributed by atoms with Crippen LogP contribution in [0.2, 0.25) is 5.02 Å². The van der Waals surface area contributed by atoms with E-state index >= 15 is 0 Å². The van der Waals surface area contributed by atoms with E-state index in [1.54, 1.807) is 16.9 Å². The monoisotopic (exact) mass is 410 g/mol. The summed E-state index contributed by atoms with van der Waals surface area (Å²) in [6.45, 7) is 5.15. The molecule has 6 nitrogen and oxygen atoms in total. The molecule has 0 bridgehead atoms. The van der Waals surface area contributed by atoms with Crippen molar-refractivity contribution in [1.82, 2.24) is 14.7 Å². The van der Waals surface area contributed by atoms with Crippen LogP contribution in [-0.4, -0.2) is 46.8 Å². The van der Waals surface area contributed by atoms with Gasteiger partial charge in [0.25, 0.3) is 5.91 Å². The van der Waals surface area contributed by atoms with Crippen LogP contribution >= 0.6 is 11.6 Å². The van der Waals surface area contributed by atoms with Crippen LogP contribution in [0.25, 0.3) is 0 Å². The largest absolute Gasteiger partial charge is 0.471 e. The predicted molar refractivity (Wildman–Crippen MR) is 114 cm³/mol. The Labute approximate surface area is 175 Å². The number of ether oxygens (including phenoxy) is 1. The average Bonchev–Trinajstić information content (AvgIpc) is 3.22. The molecule has 0 radical (unpaired) electrons. The maximum Gasteiger partial charge on any atom is 0.274 e. The number of carbonyl (C=O) groups is 1. The second-order valence-electron chi connectivity index (χ2n) is 7.04. The molecule has 0 spiro atoms. The highest BCUT2D eigenvalue weighted by Gasteiger charge is 2.23. The topological polar surface area (TPSA) is 50.6 Å². The Morgan fingerprint density at radius 1 is 1.03 bits per heavy atom. The zero-order valence-corrected chi connectivity index (χ0v) is 17.0. The van der Waals surface area contributed by atoms with Gasteiger partial charge in [0.1, 0.15) is 5.75 Å². The quantitative estimate of drug-likeness (QED) is 0.641. The van der Waals surface area contributed by atoms with E-state index < -0.39 is 0 Å². The molecule has 2 aromatic carbocycles. The van der Waals surface area contributed by atoms with Crippen LogP contribution in [0.5, 0.6) is 5.75 Å². The van der Waals surface area contributed by atoms with Gasteiger partial charge in [0.2, 0.25) is 0 Å². The molecular formula is C22H23ClN4O2.